The Labute approximate surface area is 224 Å². The third-order valence-electron chi connectivity index (χ3n) is 6.14. The van der Waals surface area contributed by atoms with Crippen LogP contribution >= 0.6 is 11.3 Å². The Morgan fingerprint density at radius 2 is 1.74 bits per heavy atom. The topological polar surface area (TPSA) is 140 Å². The molecule has 0 atom stereocenters. The first kappa shape index (κ1) is 25.6. The SMILES string of the molecule is O=C(Cc1ccccn1)Nc1ccc(CCCCc2nnc(NC(=O)Cc3cn4c(n3)CCCC4)s2)nn1. The fourth-order valence-electron chi connectivity index (χ4n) is 4.29. The van der Waals surface area contributed by atoms with Crippen LogP contribution in [0.4, 0.5) is 10.9 Å². The molecule has 0 saturated heterocycles. The molecular weight excluding hydrogens is 502 g/mol. The van der Waals surface area contributed by atoms with Gasteiger partial charge in [0.25, 0.3) is 0 Å². The molecule has 0 spiro atoms. The maximum atomic E-state index is 12.4. The number of aryl methyl sites for hydroxylation is 4. The van der Waals surface area contributed by atoms with Crippen LogP contribution < -0.4 is 10.6 Å². The first-order valence-electron chi connectivity index (χ1n) is 12.8. The Kier molecular flexibility index (Phi) is 8.39. The molecule has 5 heterocycles. The van der Waals surface area contributed by atoms with Gasteiger partial charge >= 0.3 is 0 Å². The van der Waals surface area contributed by atoms with E-state index in [0.717, 1.165) is 73.7 Å². The molecule has 12 heteroatoms. The van der Waals surface area contributed by atoms with Crippen molar-refractivity contribution in [2.24, 2.45) is 0 Å². The van der Waals surface area contributed by atoms with E-state index in [2.05, 4.69) is 45.6 Å². The number of nitrogens with one attached hydrogen (secondary N) is 2. The van der Waals surface area contributed by atoms with E-state index < -0.39 is 0 Å². The number of carbonyl (C=O) groups excluding carboxylic acids is 2. The lowest BCUT2D eigenvalue weighted by atomic mass is 10.1. The molecule has 0 aromatic carbocycles. The number of unbranched alkanes of at least 4 members (excludes halogenated alkanes) is 1. The van der Waals surface area contributed by atoms with E-state index in [-0.39, 0.29) is 24.7 Å². The first-order chi connectivity index (χ1) is 18.6. The van der Waals surface area contributed by atoms with Gasteiger partial charge < -0.3 is 15.2 Å². The van der Waals surface area contributed by atoms with Gasteiger partial charge in [-0.15, -0.1) is 15.3 Å². The number of imidazole rings is 1. The summed E-state index contributed by atoms with van der Waals surface area (Å²) in [5, 5.41) is 23.6. The fourth-order valence-corrected chi connectivity index (χ4v) is 5.08. The third kappa shape index (κ3) is 7.25. The maximum Gasteiger partial charge on any atom is 0.232 e. The van der Waals surface area contributed by atoms with Crippen LogP contribution in [0.3, 0.4) is 0 Å². The molecule has 1 aliphatic heterocycles. The summed E-state index contributed by atoms with van der Waals surface area (Å²) >= 11 is 1.40. The summed E-state index contributed by atoms with van der Waals surface area (Å²) in [5.74, 6) is 1.19. The van der Waals surface area contributed by atoms with Crippen molar-refractivity contribution in [3.8, 4) is 0 Å². The molecular formula is C26H29N9O2S. The van der Waals surface area contributed by atoms with E-state index in [1.54, 1.807) is 18.3 Å². The lowest BCUT2D eigenvalue weighted by Gasteiger charge is -2.11. The summed E-state index contributed by atoms with van der Waals surface area (Å²) in [4.78, 5) is 33.3. The van der Waals surface area contributed by atoms with Crippen molar-refractivity contribution in [3.63, 3.8) is 0 Å². The normalized spacial score (nSPS) is 12.6. The summed E-state index contributed by atoms with van der Waals surface area (Å²) in [7, 11) is 0. The highest BCUT2D eigenvalue weighted by atomic mass is 32.1. The van der Waals surface area contributed by atoms with Crippen molar-refractivity contribution in [1.82, 2.24) is 34.9 Å². The molecule has 0 unspecified atom stereocenters. The second-order valence-electron chi connectivity index (χ2n) is 9.19. The Morgan fingerprint density at radius 3 is 2.55 bits per heavy atom. The molecule has 0 fully saturated rings. The summed E-state index contributed by atoms with van der Waals surface area (Å²) in [6, 6.07) is 9.10. The van der Waals surface area contributed by atoms with Gasteiger partial charge in [-0.05, 0) is 56.4 Å². The van der Waals surface area contributed by atoms with E-state index in [9.17, 15) is 9.59 Å². The summed E-state index contributed by atoms with van der Waals surface area (Å²) < 4.78 is 2.15. The van der Waals surface area contributed by atoms with Crippen molar-refractivity contribution in [2.75, 3.05) is 10.6 Å². The summed E-state index contributed by atoms with van der Waals surface area (Å²) in [5.41, 5.74) is 2.36. The Bertz CT molecular complexity index is 1350. The zero-order valence-corrected chi connectivity index (χ0v) is 21.8. The number of hydrogen-bond acceptors (Lipinski definition) is 9. The average Bonchev–Trinajstić information content (AvgIpc) is 3.54. The van der Waals surface area contributed by atoms with Gasteiger partial charge in [-0.3, -0.25) is 14.6 Å². The second kappa shape index (κ2) is 12.5. The third-order valence-corrected chi connectivity index (χ3v) is 7.04. The molecule has 0 bridgehead atoms. The van der Waals surface area contributed by atoms with Crippen LogP contribution in [0.2, 0.25) is 0 Å². The molecule has 2 amide bonds. The Hall–Kier alpha value is -4.06. The minimum atomic E-state index is -0.182. The van der Waals surface area contributed by atoms with Gasteiger partial charge in [-0.25, -0.2) is 4.98 Å². The van der Waals surface area contributed by atoms with Gasteiger partial charge in [0.1, 0.15) is 10.8 Å². The number of aromatic nitrogens is 7. The lowest BCUT2D eigenvalue weighted by molar-refractivity contribution is -0.116. The van der Waals surface area contributed by atoms with Crippen LogP contribution in [0.1, 0.15) is 53.6 Å². The van der Waals surface area contributed by atoms with Gasteiger partial charge in [0.15, 0.2) is 5.82 Å². The number of fused-ring (bicyclic) bond motifs is 1. The zero-order chi connectivity index (χ0) is 26.2. The average molecular weight is 532 g/mol. The van der Waals surface area contributed by atoms with Gasteiger partial charge in [0.2, 0.25) is 16.9 Å². The van der Waals surface area contributed by atoms with E-state index >= 15 is 0 Å². The number of amides is 2. The number of carbonyl (C=O) groups is 2. The molecule has 0 radical (unpaired) electrons. The van der Waals surface area contributed by atoms with Crippen LogP contribution in [-0.2, 0) is 48.2 Å². The number of pyridine rings is 1. The van der Waals surface area contributed by atoms with Crippen molar-refractivity contribution in [3.05, 3.63) is 70.6 Å². The van der Waals surface area contributed by atoms with Gasteiger partial charge in [0.05, 0.1) is 24.2 Å². The molecule has 196 valence electrons. The Balaban J connectivity index is 1.00. The molecule has 0 saturated carbocycles. The Morgan fingerprint density at radius 1 is 0.868 bits per heavy atom. The van der Waals surface area contributed by atoms with E-state index in [1.165, 1.54) is 11.3 Å². The fraction of sp³-hybridized carbons (Fsp3) is 0.385. The predicted octanol–water partition coefficient (Wildman–Crippen LogP) is 3.18. The van der Waals surface area contributed by atoms with Crippen molar-refractivity contribution in [2.45, 2.75) is 64.3 Å². The first-order valence-corrected chi connectivity index (χ1v) is 13.6. The smallest absolute Gasteiger partial charge is 0.232 e. The summed E-state index contributed by atoms with van der Waals surface area (Å²) in [6.45, 7) is 0.979. The molecule has 2 N–H and O–H groups in total. The van der Waals surface area contributed by atoms with Crippen LogP contribution in [0.15, 0.2) is 42.7 Å². The van der Waals surface area contributed by atoms with Crippen molar-refractivity contribution < 1.29 is 9.59 Å². The number of anilines is 2. The monoisotopic (exact) mass is 531 g/mol. The molecule has 38 heavy (non-hydrogen) atoms. The molecule has 4 aromatic heterocycles. The minimum absolute atomic E-state index is 0.127. The summed E-state index contributed by atoms with van der Waals surface area (Å²) in [6.07, 6.45) is 10.7. The molecule has 4 aromatic rings. The highest BCUT2D eigenvalue weighted by molar-refractivity contribution is 7.15. The lowest BCUT2D eigenvalue weighted by Crippen LogP contribution is -2.16. The van der Waals surface area contributed by atoms with Crippen LogP contribution in [-0.4, -0.2) is 46.7 Å². The number of rotatable bonds is 11. The highest BCUT2D eigenvalue weighted by Gasteiger charge is 2.15. The van der Waals surface area contributed by atoms with Crippen LogP contribution in [0.25, 0.3) is 0 Å². The standard InChI is InChI=1S/C26H29N9O2S/c36-23(15-19-8-3-5-13-27-19)29-21-12-11-18(31-32-21)7-1-2-10-25-33-34-26(38-25)30-24(37)16-20-17-35-14-6-4-9-22(35)28-20/h3,5,8,11-13,17H,1-2,4,6-7,9-10,14-16H2,(H,29,32,36)(H,30,34,37). The maximum absolute atomic E-state index is 12.4. The highest BCUT2D eigenvalue weighted by Crippen LogP contribution is 2.19. The predicted molar refractivity (Wildman–Crippen MR) is 143 cm³/mol. The van der Waals surface area contributed by atoms with Gasteiger partial charge in [-0.2, -0.15) is 5.10 Å². The molecule has 5 rings (SSSR count). The van der Waals surface area contributed by atoms with E-state index in [4.69, 9.17) is 0 Å². The zero-order valence-electron chi connectivity index (χ0n) is 21.0. The van der Waals surface area contributed by atoms with Crippen molar-refractivity contribution >= 4 is 34.1 Å². The number of hydrogen-bond donors (Lipinski definition) is 2. The molecule has 11 nitrogen and oxygen atoms in total. The van der Waals surface area contributed by atoms with Gasteiger partial charge in [-0.1, -0.05) is 17.4 Å². The van der Waals surface area contributed by atoms with Crippen LogP contribution in [0.5, 0.6) is 0 Å². The quantitative estimate of drug-likeness (QED) is 0.281. The van der Waals surface area contributed by atoms with Crippen LogP contribution in [0, 0.1) is 0 Å². The minimum Gasteiger partial charge on any atom is -0.335 e. The molecule has 0 aliphatic carbocycles. The largest absolute Gasteiger partial charge is 0.335 e. The van der Waals surface area contributed by atoms with E-state index in [0.29, 0.717) is 16.6 Å². The molecule has 1 aliphatic rings. The second-order valence-corrected chi connectivity index (χ2v) is 10.2. The van der Waals surface area contributed by atoms with Gasteiger partial charge in [0, 0.05) is 37.5 Å². The number of nitrogens with zero attached hydrogens (tertiary/aromatic N) is 7. The van der Waals surface area contributed by atoms with Crippen molar-refractivity contribution in [1.29, 1.82) is 0 Å². The van der Waals surface area contributed by atoms with E-state index in [1.807, 2.05) is 24.4 Å².